The van der Waals surface area contributed by atoms with E-state index < -0.39 is 0 Å². The van der Waals surface area contributed by atoms with Gasteiger partial charge in [0.25, 0.3) is 0 Å². The summed E-state index contributed by atoms with van der Waals surface area (Å²) in [6, 6.07) is 0. The summed E-state index contributed by atoms with van der Waals surface area (Å²) < 4.78 is 10.9. The maximum atomic E-state index is 5.47. The maximum absolute atomic E-state index is 5.47. The van der Waals surface area contributed by atoms with Crippen LogP contribution in [-0.2, 0) is 9.47 Å². The van der Waals surface area contributed by atoms with Crippen molar-refractivity contribution in [1.29, 1.82) is 0 Å². The Morgan fingerprint density at radius 2 is 1.48 bits per heavy atom. The van der Waals surface area contributed by atoms with Gasteiger partial charge in [0.15, 0.2) is 11.0 Å². The normalized spacial score (nSPS) is 18.0. The molecule has 0 spiro atoms. The minimum Gasteiger partial charge on any atom is -0.378 e. The molecule has 146 valence electrons. The second kappa shape index (κ2) is 8.32. The average molecular weight is 392 g/mol. The van der Waals surface area contributed by atoms with Crippen LogP contribution in [0.1, 0.15) is 6.92 Å². The molecule has 0 aromatic carbocycles. The number of ether oxygens (including phenoxy) is 2. The van der Waals surface area contributed by atoms with Gasteiger partial charge in [-0.3, -0.25) is 0 Å². The van der Waals surface area contributed by atoms with Crippen LogP contribution in [0.4, 0.5) is 17.0 Å². The lowest BCUT2D eigenvalue weighted by molar-refractivity contribution is 0.121. The Morgan fingerprint density at radius 1 is 0.926 bits per heavy atom. The Kier molecular flexibility index (Phi) is 5.65. The molecule has 27 heavy (non-hydrogen) atoms. The van der Waals surface area contributed by atoms with Gasteiger partial charge in [-0.2, -0.15) is 15.0 Å². The van der Waals surface area contributed by atoms with E-state index in [1.807, 2.05) is 12.4 Å². The number of aromatic nitrogens is 4. The molecule has 2 saturated heterocycles. The van der Waals surface area contributed by atoms with Gasteiger partial charge in [0.1, 0.15) is 5.69 Å². The highest BCUT2D eigenvalue weighted by atomic mass is 32.1. The molecule has 0 saturated carbocycles. The maximum Gasteiger partial charge on any atom is 0.230 e. The van der Waals surface area contributed by atoms with E-state index >= 15 is 0 Å². The number of morpholine rings is 2. The molecule has 4 rings (SSSR count). The predicted molar refractivity (Wildman–Crippen MR) is 106 cm³/mol. The van der Waals surface area contributed by atoms with Crippen LogP contribution in [-0.4, -0.2) is 86.1 Å². The first-order valence-corrected chi connectivity index (χ1v) is 10.2. The molecular formula is C17H25N7O2S. The van der Waals surface area contributed by atoms with E-state index in [1.54, 1.807) is 11.3 Å². The highest BCUT2D eigenvalue weighted by molar-refractivity contribution is 7.14. The van der Waals surface area contributed by atoms with E-state index in [9.17, 15) is 0 Å². The summed E-state index contributed by atoms with van der Waals surface area (Å²) in [5.41, 5.74) is 0.793. The van der Waals surface area contributed by atoms with Crippen LogP contribution in [0.5, 0.6) is 0 Å². The van der Waals surface area contributed by atoms with Crippen LogP contribution in [0.2, 0.25) is 0 Å². The largest absolute Gasteiger partial charge is 0.378 e. The number of hydrogen-bond acceptors (Lipinski definition) is 10. The Morgan fingerprint density at radius 3 is 2.00 bits per heavy atom. The number of hydrogen-bond donors (Lipinski definition) is 0. The van der Waals surface area contributed by atoms with Crippen LogP contribution in [0.15, 0.2) is 5.38 Å². The van der Waals surface area contributed by atoms with Crippen molar-refractivity contribution >= 4 is 28.4 Å². The van der Waals surface area contributed by atoms with Crippen LogP contribution >= 0.6 is 11.3 Å². The van der Waals surface area contributed by atoms with Gasteiger partial charge < -0.3 is 24.2 Å². The summed E-state index contributed by atoms with van der Waals surface area (Å²) >= 11 is 1.61. The topological polar surface area (TPSA) is 79.7 Å². The van der Waals surface area contributed by atoms with Gasteiger partial charge in [-0.15, -0.1) is 11.3 Å². The van der Waals surface area contributed by atoms with Gasteiger partial charge in [0.2, 0.25) is 11.9 Å². The summed E-state index contributed by atoms with van der Waals surface area (Å²) in [7, 11) is 2.04. The molecule has 0 bridgehead atoms. The van der Waals surface area contributed by atoms with E-state index in [0.29, 0.717) is 44.1 Å². The summed E-state index contributed by atoms with van der Waals surface area (Å²) in [6.07, 6.45) is 0. The van der Waals surface area contributed by atoms with E-state index in [2.05, 4.69) is 21.6 Å². The Hall–Kier alpha value is -2.04. The molecule has 10 heteroatoms. The SMILES string of the molecule is CCN(C)c1nc(-c2nc(N3CCOCC3)nc(N3CCOCC3)n2)cs1. The van der Waals surface area contributed by atoms with E-state index in [4.69, 9.17) is 29.4 Å². The van der Waals surface area contributed by atoms with E-state index in [-0.39, 0.29) is 0 Å². The van der Waals surface area contributed by atoms with Crippen molar-refractivity contribution in [2.24, 2.45) is 0 Å². The van der Waals surface area contributed by atoms with Gasteiger partial charge in [0.05, 0.1) is 26.4 Å². The quantitative estimate of drug-likeness (QED) is 0.745. The number of anilines is 3. The third-order valence-electron chi connectivity index (χ3n) is 4.72. The van der Waals surface area contributed by atoms with Crippen molar-refractivity contribution in [3.8, 4) is 11.5 Å². The zero-order valence-corrected chi connectivity index (χ0v) is 16.6. The zero-order valence-electron chi connectivity index (χ0n) is 15.8. The molecule has 0 radical (unpaired) electrons. The minimum atomic E-state index is 0.625. The highest BCUT2D eigenvalue weighted by Crippen LogP contribution is 2.27. The molecule has 4 heterocycles. The molecule has 2 aliphatic rings. The molecule has 2 aliphatic heterocycles. The van der Waals surface area contributed by atoms with Crippen molar-refractivity contribution in [3.05, 3.63) is 5.38 Å². The molecule has 9 nitrogen and oxygen atoms in total. The van der Waals surface area contributed by atoms with Crippen LogP contribution in [0, 0.1) is 0 Å². The average Bonchev–Trinajstić information content (AvgIpc) is 3.24. The lowest BCUT2D eigenvalue weighted by Crippen LogP contribution is -2.40. The highest BCUT2D eigenvalue weighted by Gasteiger charge is 2.22. The van der Waals surface area contributed by atoms with Gasteiger partial charge in [-0.05, 0) is 6.92 Å². The van der Waals surface area contributed by atoms with Crippen molar-refractivity contribution < 1.29 is 9.47 Å². The summed E-state index contributed by atoms with van der Waals surface area (Å²) in [6.45, 7) is 8.91. The van der Waals surface area contributed by atoms with Crippen LogP contribution < -0.4 is 14.7 Å². The number of nitrogens with zero attached hydrogens (tertiary/aromatic N) is 7. The first-order chi connectivity index (χ1) is 13.2. The summed E-state index contributed by atoms with van der Waals surface area (Å²) in [5.74, 6) is 2.02. The van der Waals surface area contributed by atoms with E-state index in [1.165, 1.54) is 0 Å². The van der Waals surface area contributed by atoms with Crippen LogP contribution in [0.3, 0.4) is 0 Å². The molecule has 2 fully saturated rings. The lowest BCUT2D eigenvalue weighted by atomic mass is 10.4. The first kappa shape index (κ1) is 18.3. The van der Waals surface area contributed by atoms with Crippen molar-refractivity contribution in [2.45, 2.75) is 6.92 Å². The van der Waals surface area contributed by atoms with Crippen molar-refractivity contribution in [1.82, 2.24) is 19.9 Å². The molecule has 0 atom stereocenters. The van der Waals surface area contributed by atoms with Crippen molar-refractivity contribution in [3.63, 3.8) is 0 Å². The third-order valence-corrected chi connectivity index (χ3v) is 5.68. The molecule has 0 aliphatic carbocycles. The smallest absolute Gasteiger partial charge is 0.230 e. The van der Waals surface area contributed by atoms with E-state index in [0.717, 1.165) is 43.5 Å². The second-order valence-electron chi connectivity index (χ2n) is 6.49. The second-order valence-corrected chi connectivity index (χ2v) is 7.32. The Labute approximate surface area is 163 Å². The fourth-order valence-corrected chi connectivity index (χ4v) is 3.79. The fourth-order valence-electron chi connectivity index (χ4n) is 2.96. The van der Waals surface area contributed by atoms with Gasteiger partial charge in [-0.25, -0.2) is 4.98 Å². The molecule has 0 N–H and O–H groups in total. The third kappa shape index (κ3) is 4.12. The first-order valence-electron chi connectivity index (χ1n) is 9.33. The fraction of sp³-hybridized carbons (Fsp3) is 0.647. The molecular weight excluding hydrogens is 366 g/mol. The predicted octanol–water partition coefficient (Wildman–Crippen LogP) is 1.12. The van der Waals surface area contributed by atoms with Crippen molar-refractivity contribution in [2.75, 3.05) is 80.9 Å². The molecule has 0 unspecified atom stereocenters. The number of thiazole rings is 1. The van der Waals surface area contributed by atoms with Gasteiger partial charge >= 0.3 is 0 Å². The van der Waals surface area contributed by atoms with Crippen LogP contribution in [0.25, 0.3) is 11.5 Å². The standard InChI is InChI=1S/C17H25N7O2S/c1-3-22(2)17-18-13(12-27-17)14-19-15(23-4-8-25-9-5-23)21-16(20-14)24-6-10-26-11-7-24/h12H,3-11H2,1-2H3. The monoisotopic (exact) mass is 391 g/mol. The summed E-state index contributed by atoms with van der Waals surface area (Å²) in [4.78, 5) is 25.4. The summed E-state index contributed by atoms with van der Waals surface area (Å²) in [5, 5.41) is 2.98. The van der Waals surface area contributed by atoms with Gasteiger partial charge in [0, 0.05) is 45.2 Å². The Bertz CT molecular complexity index is 723. The molecule has 2 aromatic heterocycles. The molecule has 0 amide bonds. The zero-order chi connectivity index (χ0) is 18.6. The minimum absolute atomic E-state index is 0.625. The van der Waals surface area contributed by atoms with Gasteiger partial charge in [-0.1, -0.05) is 0 Å². The Balaban J connectivity index is 1.69. The lowest BCUT2D eigenvalue weighted by Gasteiger charge is -2.30. The number of rotatable bonds is 5. The molecule has 2 aromatic rings.